The molecule has 4 aromatic rings. The number of benzene rings is 2. The van der Waals surface area contributed by atoms with E-state index < -0.39 is 0 Å². The van der Waals surface area contributed by atoms with Crippen molar-refractivity contribution in [2.75, 3.05) is 0 Å². The van der Waals surface area contributed by atoms with Gasteiger partial charge in [0.2, 0.25) is 11.0 Å². The topological polar surface area (TPSA) is 19.7 Å². The van der Waals surface area contributed by atoms with Gasteiger partial charge in [-0.05, 0) is 24.3 Å². The molecule has 2 nitrogen and oxygen atoms in total. The SMILES string of the molecule is C[n+]1c2ccccc2c(Cl)c2[nH]c3cc(F)ccc3c21.Cl. The molecule has 21 heavy (non-hydrogen) atoms. The van der Waals surface area contributed by atoms with E-state index in [1.807, 2.05) is 31.3 Å². The molecule has 4 rings (SSSR count). The fourth-order valence-electron chi connectivity index (χ4n) is 2.87. The monoisotopic (exact) mass is 321 g/mol. The molecule has 0 aliphatic rings. The highest BCUT2D eigenvalue weighted by Crippen LogP contribution is 2.32. The summed E-state index contributed by atoms with van der Waals surface area (Å²) in [4.78, 5) is 3.23. The van der Waals surface area contributed by atoms with Crippen molar-refractivity contribution in [1.29, 1.82) is 0 Å². The van der Waals surface area contributed by atoms with Crippen molar-refractivity contribution in [3.63, 3.8) is 0 Å². The largest absolute Gasteiger partial charge is 0.348 e. The molecular formula is C16H12Cl2FN2+. The molecule has 0 unspecified atom stereocenters. The van der Waals surface area contributed by atoms with Gasteiger partial charge in [0, 0.05) is 6.07 Å². The number of pyridine rings is 1. The first-order valence-electron chi connectivity index (χ1n) is 6.34. The Bertz CT molecular complexity index is 992. The Morgan fingerprint density at radius 1 is 1.10 bits per heavy atom. The highest BCUT2D eigenvalue weighted by atomic mass is 35.5. The molecule has 2 heterocycles. The number of H-pyrrole nitrogens is 1. The number of rotatable bonds is 0. The Morgan fingerprint density at radius 2 is 1.86 bits per heavy atom. The summed E-state index contributed by atoms with van der Waals surface area (Å²) in [6.07, 6.45) is 0. The predicted octanol–water partition coefficient (Wildman–Crippen LogP) is 4.51. The van der Waals surface area contributed by atoms with Gasteiger partial charge in [-0.1, -0.05) is 23.7 Å². The van der Waals surface area contributed by atoms with Crippen LogP contribution in [0, 0.1) is 5.82 Å². The summed E-state index contributed by atoms with van der Waals surface area (Å²) in [5, 5.41) is 2.62. The minimum atomic E-state index is -0.257. The summed E-state index contributed by atoms with van der Waals surface area (Å²) in [7, 11) is 2.00. The minimum absolute atomic E-state index is 0. The minimum Gasteiger partial charge on any atom is -0.348 e. The van der Waals surface area contributed by atoms with Crippen molar-refractivity contribution >= 4 is 56.8 Å². The number of aryl methyl sites for hydroxylation is 1. The van der Waals surface area contributed by atoms with Gasteiger partial charge in [-0.15, -0.1) is 12.4 Å². The van der Waals surface area contributed by atoms with Crippen LogP contribution in [0.15, 0.2) is 42.5 Å². The number of nitrogens with one attached hydrogen (secondary N) is 1. The van der Waals surface area contributed by atoms with Crippen molar-refractivity contribution in [2.45, 2.75) is 0 Å². The van der Waals surface area contributed by atoms with Gasteiger partial charge in [0.1, 0.15) is 18.4 Å². The lowest BCUT2D eigenvalue weighted by Crippen LogP contribution is -2.29. The molecule has 0 saturated carbocycles. The van der Waals surface area contributed by atoms with Gasteiger partial charge in [0.15, 0.2) is 0 Å². The third-order valence-corrected chi connectivity index (χ3v) is 4.18. The van der Waals surface area contributed by atoms with Crippen LogP contribution in [-0.4, -0.2) is 4.98 Å². The zero-order valence-electron chi connectivity index (χ0n) is 11.2. The van der Waals surface area contributed by atoms with Crippen LogP contribution < -0.4 is 4.57 Å². The van der Waals surface area contributed by atoms with E-state index in [9.17, 15) is 4.39 Å². The van der Waals surface area contributed by atoms with Crippen molar-refractivity contribution in [1.82, 2.24) is 4.98 Å². The number of nitrogens with zero attached hydrogens (tertiary/aromatic N) is 1. The zero-order chi connectivity index (χ0) is 13.9. The molecule has 106 valence electrons. The van der Waals surface area contributed by atoms with E-state index in [-0.39, 0.29) is 18.2 Å². The zero-order valence-corrected chi connectivity index (χ0v) is 12.7. The second-order valence-electron chi connectivity index (χ2n) is 4.93. The fourth-order valence-corrected chi connectivity index (χ4v) is 3.17. The summed E-state index contributed by atoms with van der Waals surface area (Å²) in [6, 6.07) is 12.7. The highest BCUT2D eigenvalue weighted by molar-refractivity contribution is 6.40. The molecule has 0 atom stereocenters. The summed E-state index contributed by atoms with van der Waals surface area (Å²) in [5.41, 5.74) is 3.64. The highest BCUT2D eigenvalue weighted by Gasteiger charge is 2.21. The van der Waals surface area contributed by atoms with E-state index in [4.69, 9.17) is 11.6 Å². The Balaban J connectivity index is 0.00000132. The molecule has 1 N–H and O–H groups in total. The lowest BCUT2D eigenvalue weighted by atomic mass is 10.1. The molecule has 0 amide bonds. The normalized spacial score (nSPS) is 11.2. The first-order valence-corrected chi connectivity index (χ1v) is 6.72. The second kappa shape index (κ2) is 4.86. The maximum absolute atomic E-state index is 13.4. The van der Waals surface area contributed by atoms with Crippen molar-refractivity contribution < 1.29 is 8.96 Å². The number of para-hydroxylation sites is 1. The van der Waals surface area contributed by atoms with Gasteiger partial charge in [-0.25, -0.2) is 4.39 Å². The number of aromatic nitrogens is 2. The standard InChI is InChI=1S/C16H10ClFN2.ClH/c1-20-13-5-3-2-4-11(13)14(17)15-16(20)10-7-6-9(18)8-12(10)19-15;/h2-8H,1H3;1H/p+1. The molecule has 2 aromatic carbocycles. The molecule has 2 aromatic heterocycles. The van der Waals surface area contributed by atoms with Crippen LogP contribution in [0.4, 0.5) is 4.39 Å². The van der Waals surface area contributed by atoms with E-state index in [2.05, 4.69) is 9.55 Å². The Labute approximate surface area is 131 Å². The van der Waals surface area contributed by atoms with Crippen LogP contribution in [0.25, 0.3) is 32.8 Å². The van der Waals surface area contributed by atoms with Crippen LogP contribution in [0.2, 0.25) is 5.02 Å². The van der Waals surface area contributed by atoms with Gasteiger partial charge in [-0.2, -0.15) is 4.57 Å². The van der Waals surface area contributed by atoms with Crippen molar-refractivity contribution in [3.05, 3.63) is 53.3 Å². The molecule has 0 aliphatic carbocycles. The summed E-state index contributed by atoms with van der Waals surface area (Å²) < 4.78 is 15.5. The molecule has 0 radical (unpaired) electrons. The molecule has 0 aliphatic heterocycles. The fraction of sp³-hybridized carbons (Fsp3) is 0.0625. The lowest BCUT2D eigenvalue weighted by Gasteiger charge is -2.01. The number of hydrogen-bond acceptors (Lipinski definition) is 0. The van der Waals surface area contributed by atoms with Crippen LogP contribution in [0.5, 0.6) is 0 Å². The summed E-state index contributed by atoms with van der Waals surface area (Å²) in [6.45, 7) is 0. The molecule has 0 fully saturated rings. The van der Waals surface area contributed by atoms with E-state index in [1.165, 1.54) is 12.1 Å². The number of aromatic amines is 1. The van der Waals surface area contributed by atoms with Crippen LogP contribution in [0.3, 0.4) is 0 Å². The Kier molecular flexibility index (Phi) is 3.27. The lowest BCUT2D eigenvalue weighted by molar-refractivity contribution is -0.616. The van der Waals surface area contributed by atoms with Crippen molar-refractivity contribution in [3.8, 4) is 0 Å². The van der Waals surface area contributed by atoms with Crippen LogP contribution >= 0.6 is 24.0 Å². The molecule has 0 spiro atoms. The molecule has 0 saturated heterocycles. The second-order valence-corrected chi connectivity index (χ2v) is 5.31. The van der Waals surface area contributed by atoms with Gasteiger partial charge < -0.3 is 4.98 Å². The first kappa shape index (κ1) is 14.1. The molecule has 0 bridgehead atoms. The average Bonchev–Trinajstić information content (AvgIpc) is 2.83. The first-order chi connectivity index (χ1) is 9.66. The van der Waals surface area contributed by atoms with Gasteiger partial charge >= 0.3 is 0 Å². The summed E-state index contributed by atoms with van der Waals surface area (Å²) in [5.74, 6) is -0.257. The van der Waals surface area contributed by atoms with E-state index in [0.29, 0.717) is 5.02 Å². The molecular weight excluding hydrogens is 310 g/mol. The third kappa shape index (κ3) is 1.88. The van der Waals surface area contributed by atoms with Gasteiger partial charge in [-0.3, -0.25) is 0 Å². The predicted molar refractivity (Wildman–Crippen MR) is 86.7 cm³/mol. The van der Waals surface area contributed by atoms with E-state index in [1.54, 1.807) is 6.07 Å². The average molecular weight is 322 g/mol. The third-order valence-electron chi connectivity index (χ3n) is 3.79. The van der Waals surface area contributed by atoms with Crippen molar-refractivity contribution in [2.24, 2.45) is 7.05 Å². The number of halogens is 3. The maximum atomic E-state index is 13.4. The van der Waals surface area contributed by atoms with Gasteiger partial charge in [0.25, 0.3) is 0 Å². The maximum Gasteiger partial charge on any atom is 0.240 e. The van der Waals surface area contributed by atoms with Crippen LogP contribution in [0.1, 0.15) is 0 Å². The van der Waals surface area contributed by atoms with Crippen LogP contribution in [-0.2, 0) is 7.05 Å². The molecule has 5 heteroatoms. The summed E-state index contributed by atoms with van der Waals surface area (Å²) >= 11 is 6.52. The Hall–Kier alpha value is -1.84. The number of hydrogen-bond donors (Lipinski definition) is 1. The van der Waals surface area contributed by atoms with Gasteiger partial charge in [0.05, 0.1) is 21.3 Å². The van der Waals surface area contributed by atoms with E-state index in [0.717, 1.165) is 32.8 Å². The quantitative estimate of drug-likeness (QED) is 0.460. The smallest absolute Gasteiger partial charge is 0.240 e. The van der Waals surface area contributed by atoms with E-state index >= 15 is 0 Å². The Morgan fingerprint density at radius 3 is 2.67 bits per heavy atom. The number of fused-ring (bicyclic) bond motifs is 4.